The number of pyridine rings is 1. The minimum absolute atomic E-state index is 0.116. The van der Waals surface area contributed by atoms with Gasteiger partial charge in [-0.1, -0.05) is 18.2 Å². The van der Waals surface area contributed by atoms with Gasteiger partial charge in [-0.3, -0.25) is 4.98 Å². The topological polar surface area (TPSA) is 68.0 Å². The summed E-state index contributed by atoms with van der Waals surface area (Å²) in [6.45, 7) is 0. The average molecular weight is 307 g/mol. The van der Waals surface area contributed by atoms with Crippen molar-refractivity contribution >= 4 is 16.9 Å². The molecule has 0 unspecified atom stereocenters. The molecule has 0 bridgehead atoms. The Morgan fingerprint density at radius 2 is 1.91 bits per heavy atom. The third kappa shape index (κ3) is 2.18. The van der Waals surface area contributed by atoms with Gasteiger partial charge in [0.2, 0.25) is 0 Å². The first-order valence-electron chi connectivity index (χ1n) is 6.12. The third-order valence-electron chi connectivity index (χ3n) is 3.12. The van der Waals surface area contributed by atoms with Crippen molar-refractivity contribution in [2.75, 3.05) is 0 Å². The SMILES string of the molecule is O=C(O)c1cnn(-c2ccnc3ccccc23)c1C(F)(F)F. The lowest BCUT2D eigenvalue weighted by atomic mass is 10.1. The minimum atomic E-state index is -4.85. The smallest absolute Gasteiger partial charge is 0.434 e. The number of hydrogen-bond donors (Lipinski definition) is 1. The van der Waals surface area contributed by atoms with Gasteiger partial charge in [0.25, 0.3) is 0 Å². The average Bonchev–Trinajstić information content (AvgIpc) is 2.91. The number of carboxylic acids is 1. The maximum atomic E-state index is 13.2. The van der Waals surface area contributed by atoms with Crippen LogP contribution in [0.2, 0.25) is 0 Å². The number of rotatable bonds is 2. The quantitative estimate of drug-likeness (QED) is 0.789. The molecule has 0 spiro atoms. The first-order chi connectivity index (χ1) is 10.4. The van der Waals surface area contributed by atoms with Crippen LogP contribution in [0.15, 0.2) is 42.7 Å². The fourth-order valence-electron chi connectivity index (χ4n) is 2.23. The molecule has 0 saturated heterocycles. The predicted octanol–water partition coefficient (Wildman–Crippen LogP) is 3.14. The Morgan fingerprint density at radius 1 is 1.18 bits per heavy atom. The van der Waals surface area contributed by atoms with E-state index in [2.05, 4.69) is 10.1 Å². The second kappa shape index (κ2) is 4.83. The largest absolute Gasteiger partial charge is 0.478 e. The molecule has 112 valence electrons. The van der Waals surface area contributed by atoms with E-state index in [0.717, 1.165) is 0 Å². The van der Waals surface area contributed by atoms with Crippen molar-refractivity contribution in [3.63, 3.8) is 0 Å². The third-order valence-corrected chi connectivity index (χ3v) is 3.12. The monoisotopic (exact) mass is 307 g/mol. The fraction of sp³-hybridized carbons (Fsp3) is 0.0714. The summed E-state index contributed by atoms with van der Waals surface area (Å²) in [6.07, 6.45) is -2.81. The molecular weight excluding hydrogens is 299 g/mol. The number of carboxylic acid groups (broad SMARTS) is 1. The molecule has 0 aliphatic heterocycles. The summed E-state index contributed by atoms with van der Waals surface area (Å²) < 4.78 is 40.3. The molecular formula is C14H8F3N3O2. The van der Waals surface area contributed by atoms with Gasteiger partial charge in [-0.05, 0) is 12.1 Å². The van der Waals surface area contributed by atoms with E-state index >= 15 is 0 Å². The molecule has 22 heavy (non-hydrogen) atoms. The van der Waals surface area contributed by atoms with E-state index in [4.69, 9.17) is 5.11 Å². The van der Waals surface area contributed by atoms with Crippen LogP contribution in [-0.4, -0.2) is 25.8 Å². The van der Waals surface area contributed by atoms with Crippen LogP contribution in [0.5, 0.6) is 0 Å². The molecule has 5 nitrogen and oxygen atoms in total. The molecule has 1 N–H and O–H groups in total. The minimum Gasteiger partial charge on any atom is -0.478 e. The lowest BCUT2D eigenvalue weighted by Crippen LogP contribution is -2.17. The van der Waals surface area contributed by atoms with Gasteiger partial charge in [-0.2, -0.15) is 18.3 Å². The second-order valence-corrected chi connectivity index (χ2v) is 4.47. The van der Waals surface area contributed by atoms with E-state index in [0.29, 0.717) is 21.8 Å². The molecule has 0 fully saturated rings. The maximum absolute atomic E-state index is 13.2. The van der Waals surface area contributed by atoms with Crippen molar-refractivity contribution in [3.05, 3.63) is 54.0 Å². The highest BCUT2D eigenvalue weighted by Crippen LogP contribution is 2.34. The van der Waals surface area contributed by atoms with Gasteiger partial charge in [0.05, 0.1) is 17.4 Å². The summed E-state index contributed by atoms with van der Waals surface area (Å²) in [5.41, 5.74) is -1.62. The van der Waals surface area contributed by atoms with Crippen molar-refractivity contribution in [1.29, 1.82) is 0 Å². The highest BCUT2D eigenvalue weighted by atomic mass is 19.4. The zero-order chi connectivity index (χ0) is 15.9. The number of carbonyl (C=O) groups is 1. The van der Waals surface area contributed by atoms with Gasteiger partial charge in [-0.25, -0.2) is 9.48 Å². The van der Waals surface area contributed by atoms with Gasteiger partial charge in [0.1, 0.15) is 5.56 Å². The summed E-state index contributed by atoms with van der Waals surface area (Å²) in [4.78, 5) is 15.1. The molecule has 2 aromatic heterocycles. The molecule has 3 rings (SSSR count). The lowest BCUT2D eigenvalue weighted by Gasteiger charge is -2.13. The number of aromatic nitrogens is 3. The van der Waals surface area contributed by atoms with Crippen LogP contribution >= 0.6 is 0 Å². The summed E-state index contributed by atoms with van der Waals surface area (Å²) in [5.74, 6) is -1.68. The van der Waals surface area contributed by atoms with Crippen LogP contribution in [0.25, 0.3) is 16.6 Å². The number of nitrogens with zero attached hydrogens (tertiary/aromatic N) is 3. The number of halogens is 3. The first-order valence-corrected chi connectivity index (χ1v) is 6.12. The molecule has 0 amide bonds. The van der Waals surface area contributed by atoms with Crippen LogP contribution in [0.1, 0.15) is 16.1 Å². The molecule has 8 heteroatoms. The van der Waals surface area contributed by atoms with E-state index < -0.39 is 23.4 Å². The van der Waals surface area contributed by atoms with Gasteiger partial charge < -0.3 is 5.11 Å². The zero-order valence-electron chi connectivity index (χ0n) is 10.9. The molecule has 2 heterocycles. The predicted molar refractivity (Wildman–Crippen MR) is 70.8 cm³/mol. The van der Waals surface area contributed by atoms with E-state index in [1.807, 2.05) is 0 Å². The van der Waals surface area contributed by atoms with Crippen molar-refractivity contribution in [2.45, 2.75) is 6.18 Å². The van der Waals surface area contributed by atoms with Crippen LogP contribution in [0.4, 0.5) is 13.2 Å². The van der Waals surface area contributed by atoms with E-state index in [-0.39, 0.29) is 5.69 Å². The molecule has 1 aromatic carbocycles. The Hall–Kier alpha value is -2.90. The van der Waals surface area contributed by atoms with Gasteiger partial charge in [0, 0.05) is 11.6 Å². The first kappa shape index (κ1) is 14.1. The Morgan fingerprint density at radius 3 is 2.59 bits per heavy atom. The number of hydrogen-bond acceptors (Lipinski definition) is 3. The summed E-state index contributed by atoms with van der Waals surface area (Å²) >= 11 is 0. The van der Waals surface area contributed by atoms with Crippen molar-refractivity contribution < 1.29 is 23.1 Å². The number of benzene rings is 1. The zero-order valence-corrected chi connectivity index (χ0v) is 10.9. The molecule has 0 radical (unpaired) electrons. The standard InChI is InChI=1S/C14H8F3N3O2/c15-14(16,17)12-9(13(21)22)7-19-20(12)11-5-6-18-10-4-2-1-3-8(10)11/h1-7H,(H,21,22). The molecule has 0 aliphatic carbocycles. The van der Waals surface area contributed by atoms with E-state index in [9.17, 15) is 18.0 Å². The maximum Gasteiger partial charge on any atom is 0.434 e. The van der Waals surface area contributed by atoms with Crippen LogP contribution < -0.4 is 0 Å². The van der Waals surface area contributed by atoms with E-state index in [1.54, 1.807) is 24.3 Å². The van der Waals surface area contributed by atoms with Crippen LogP contribution in [0, 0.1) is 0 Å². The van der Waals surface area contributed by atoms with Gasteiger partial charge in [0.15, 0.2) is 5.69 Å². The Kier molecular flexibility index (Phi) is 3.09. The van der Waals surface area contributed by atoms with E-state index in [1.165, 1.54) is 12.3 Å². The van der Waals surface area contributed by atoms with Crippen LogP contribution in [0.3, 0.4) is 0 Å². The summed E-state index contributed by atoms with van der Waals surface area (Å²) in [5, 5.41) is 13.0. The van der Waals surface area contributed by atoms with Crippen molar-refractivity contribution in [1.82, 2.24) is 14.8 Å². The number of para-hydroxylation sites is 1. The molecule has 3 aromatic rings. The highest BCUT2D eigenvalue weighted by molar-refractivity contribution is 5.90. The molecule has 0 atom stereocenters. The highest BCUT2D eigenvalue weighted by Gasteiger charge is 2.40. The van der Waals surface area contributed by atoms with Crippen LogP contribution in [-0.2, 0) is 6.18 Å². The summed E-state index contributed by atoms with van der Waals surface area (Å²) in [6, 6.07) is 7.96. The molecule has 0 saturated carbocycles. The number of alkyl halides is 3. The number of fused-ring (bicyclic) bond motifs is 1. The lowest BCUT2D eigenvalue weighted by molar-refractivity contribution is -0.143. The fourth-order valence-corrected chi connectivity index (χ4v) is 2.23. The summed E-state index contributed by atoms with van der Waals surface area (Å²) in [7, 11) is 0. The van der Waals surface area contributed by atoms with Crippen molar-refractivity contribution in [2.24, 2.45) is 0 Å². The Bertz CT molecular complexity index is 866. The van der Waals surface area contributed by atoms with Crippen molar-refractivity contribution in [3.8, 4) is 5.69 Å². The number of aromatic carboxylic acids is 1. The molecule has 0 aliphatic rings. The Balaban J connectivity index is 2.35. The van der Waals surface area contributed by atoms with Gasteiger partial charge >= 0.3 is 12.1 Å². The Labute approximate surface area is 121 Å². The second-order valence-electron chi connectivity index (χ2n) is 4.47. The normalized spacial score (nSPS) is 11.8. The van der Waals surface area contributed by atoms with Gasteiger partial charge in [-0.15, -0.1) is 0 Å².